The SMILES string of the molecule is COC(CNC(=O)N1CCCCC1CO)CC(=O)O. The van der Waals surface area contributed by atoms with E-state index in [0.717, 1.165) is 19.3 Å². The summed E-state index contributed by atoms with van der Waals surface area (Å²) >= 11 is 0. The van der Waals surface area contributed by atoms with E-state index >= 15 is 0 Å². The van der Waals surface area contributed by atoms with Crippen LogP contribution in [0.4, 0.5) is 4.79 Å². The van der Waals surface area contributed by atoms with E-state index in [4.69, 9.17) is 9.84 Å². The number of nitrogens with zero attached hydrogens (tertiary/aromatic N) is 1. The molecule has 19 heavy (non-hydrogen) atoms. The average Bonchev–Trinajstić information content (AvgIpc) is 2.42. The van der Waals surface area contributed by atoms with Crippen LogP contribution in [-0.4, -0.2) is 66.1 Å². The van der Waals surface area contributed by atoms with E-state index in [1.54, 1.807) is 4.90 Å². The van der Waals surface area contributed by atoms with Gasteiger partial charge in [0.15, 0.2) is 0 Å². The number of methoxy groups -OCH3 is 1. The Morgan fingerprint density at radius 1 is 1.47 bits per heavy atom. The molecular weight excluding hydrogens is 252 g/mol. The molecule has 0 bridgehead atoms. The third-order valence-electron chi connectivity index (χ3n) is 3.32. The third kappa shape index (κ3) is 5.04. The van der Waals surface area contributed by atoms with Crippen molar-refractivity contribution in [3.05, 3.63) is 0 Å². The lowest BCUT2D eigenvalue weighted by Crippen LogP contribution is -2.51. The molecule has 1 aliphatic heterocycles. The normalized spacial score (nSPS) is 20.9. The highest BCUT2D eigenvalue weighted by molar-refractivity contribution is 5.75. The second-order valence-corrected chi connectivity index (χ2v) is 4.67. The van der Waals surface area contributed by atoms with Crippen LogP contribution < -0.4 is 5.32 Å². The molecule has 0 aromatic heterocycles. The maximum Gasteiger partial charge on any atom is 0.317 e. The quantitative estimate of drug-likeness (QED) is 0.635. The second kappa shape index (κ2) is 7.96. The zero-order valence-electron chi connectivity index (χ0n) is 11.2. The fraction of sp³-hybridized carbons (Fsp3) is 0.833. The Morgan fingerprint density at radius 2 is 2.21 bits per heavy atom. The molecule has 2 atom stereocenters. The number of urea groups is 1. The van der Waals surface area contributed by atoms with E-state index in [1.165, 1.54) is 7.11 Å². The van der Waals surface area contributed by atoms with Crippen LogP contribution in [0, 0.1) is 0 Å². The fourth-order valence-electron chi connectivity index (χ4n) is 2.19. The lowest BCUT2D eigenvalue weighted by molar-refractivity contribution is -0.139. The van der Waals surface area contributed by atoms with Gasteiger partial charge in [-0.2, -0.15) is 0 Å². The van der Waals surface area contributed by atoms with E-state index in [0.29, 0.717) is 6.54 Å². The first-order valence-electron chi connectivity index (χ1n) is 6.48. The molecule has 7 heteroatoms. The van der Waals surface area contributed by atoms with Gasteiger partial charge in [0.25, 0.3) is 0 Å². The molecule has 0 aromatic rings. The number of carbonyl (C=O) groups is 2. The Bertz CT molecular complexity index is 310. The Labute approximate surface area is 112 Å². The number of aliphatic hydroxyl groups is 1. The zero-order valence-corrected chi connectivity index (χ0v) is 11.2. The standard InChI is InChI=1S/C12H22N2O5/c1-19-10(6-11(16)17)7-13-12(18)14-5-3-2-4-9(14)8-15/h9-10,15H,2-8H2,1H3,(H,13,18)(H,16,17). The molecule has 0 aliphatic carbocycles. The van der Waals surface area contributed by atoms with Crippen molar-refractivity contribution >= 4 is 12.0 Å². The number of carbonyl (C=O) groups excluding carboxylic acids is 1. The number of hydrogen-bond acceptors (Lipinski definition) is 4. The molecule has 0 radical (unpaired) electrons. The number of hydrogen-bond donors (Lipinski definition) is 3. The minimum Gasteiger partial charge on any atom is -0.481 e. The molecule has 1 rings (SSSR count). The zero-order chi connectivity index (χ0) is 14.3. The number of amides is 2. The van der Waals surface area contributed by atoms with Crippen LogP contribution in [0.1, 0.15) is 25.7 Å². The average molecular weight is 274 g/mol. The van der Waals surface area contributed by atoms with Gasteiger partial charge in [0.05, 0.1) is 25.2 Å². The van der Waals surface area contributed by atoms with Gasteiger partial charge in [0.1, 0.15) is 0 Å². The smallest absolute Gasteiger partial charge is 0.317 e. The van der Waals surface area contributed by atoms with Crippen molar-refractivity contribution in [1.82, 2.24) is 10.2 Å². The maximum absolute atomic E-state index is 12.0. The molecule has 1 heterocycles. The van der Waals surface area contributed by atoms with Crippen molar-refractivity contribution in [1.29, 1.82) is 0 Å². The van der Waals surface area contributed by atoms with E-state index in [-0.39, 0.29) is 31.6 Å². The van der Waals surface area contributed by atoms with Crippen molar-refractivity contribution in [3.63, 3.8) is 0 Å². The van der Waals surface area contributed by atoms with Crippen LogP contribution in [0.2, 0.25) is 0 Å². The van der Waals surface area contributed by atoms with Crippen LogP contribution in [0.25, 0.3) is 0 Å². The number of ether oxygens (including phenoxy) is 1. The molecule has 7 nitrogen and oxygen atoms in total. The van der Waals surface area contributed by atoms with E-state index < -0.39 is 12.1 Å². The maximum atomic E-state index is 12.0. The summed E-state index contributed by atoms with van der Waals surface area (Å²) in [4.78, 5) is 24.2. The molecule has 1 aliphatic rings. The molecule has 2 unspecified atom stereocenters. The largest absolute Gasteiger partial charge is 0.481 e. The third-order valence-corrected chi connectivity index (χ3v) is 3.32. The molecule has 0 aromatic carbocycles. The summed E-state index contributed by atoms with van der Waals surface area (Å²) < 4.78 is 4.99. The Hall–Kier alpha value is -1.34. The van der Waals surface area contributed by atoms with Gasteiger partial charge in [-0.3, -0.25) is 4.79 Å². The number of aliphatic carboxylic acids is 1. The van der Waals surface area contributed by atoms with Gasteiger partial charge in [-0.05, 0) is 19.3 Å². The number of aliphatic hydroxyl groups excluding tert-OH is 1. The van der Waals surface area contributed by atoms with Crippen molar-refractivity contribution < 1.29 is 24.5 Å². The summed E-state index contributed by atoms with van der Waals surface area (Å²) in [5, 5.41) is 20.6. The van der Waals surface area contributed by atoms with E-state index in [2.05, 4.69) is 5.32 Å². The topological polar surface area (TPSA) is 99.1 Å². The number of nitrogens with one attached hydrogen (secondary N) is 1. The first-order valence-corrected chi connectivity index (χ1v) is 6.48. The van der Waals surface area contributed by atoms with Crippen molar-refractivity contribution in [2.24, 2.45) is 0 Å². The molecule has 2 amide bonds. The summed E-state index contributed by atoms with van der Waals surface area (Å²) in [6.07, 6.45) is 2.04. The summed E-state index contributed by atoms with van der Waals surface area (Å²) in [6.45, 7) is 0.722. The Kier molecular flexibility index (Phi) is 6.58. The van der Waals surface area contributed by atoms with Gasteiger partial charge >= 0.3 is 12.0 Å². The number of likely N-dealkylation sites (tertiary alicyclic amines) is 1. The van der Waals surface area contributed by atoms with Gasteiger partial charge in [-0.25, -0.2) is 4.79 Å². The molecule has 1 fully saturated rings. The molecule has 1 saturated heterocycles. The number of carboxylic acids is 1. The van der Waals surface area contributed by atoms with Crippen molar-refractivity contribution in [3.8, 4) is 0 Å². The summed E-state index contributed by atoms with van der Waals surface area (Å²) in [6, 6.07) is -0.416. The van der Waals surface area contributed by atoms with Crippen LogP contribution in [0.3, 0.4) is 0 Å². The van der Waals surface area contributed by atoms with Gasteiger partial charge in [-0.15, -0.1) is 0 Å². The predicted octanol–water partition coefficient (Wildman–Crippen LogP) is 0.0325. The first kappa shape index (κ1) is 15.7. The Morgan fingerprint density at radius 3 is 2.79 bits per heavy atom. The molecule has 0 saturated carbocycles. The van der Waals surface area contributed by atoms with Crippen molar-refractivity contribution in [2.45, 2.75) is 37.8 Å². The second-order valence-electron chi connectivity index (χ2n) is 4.67. The summed E-state index contributed by atoms with van der Waals surface area (Å²) in [5.41, 5.74) is 0. The summed E-state index contributed by atoms with van der Waals surface area (Å²) in [5.74, 6) is -0.965. The van der Waals surface area contributed by atoms with Crippen LogP contribution >= 0.6 is 0 Å². The van der Waals surface area contributed by atoms with E-state index in [9.17, 15) is 14.7 Å². The number of piperidine rings is 1. The minimum atomic E-state index is -0.965. The van der Waals surface area contributed by atoms with Crippen LogP contribution in [0.15, 0.2) is 0 Å². The number of carboxylic acid groups (broad SMARTS) is 1. The Balaban J connectivity index is 2.42. The van der Waals surface area contributed by atoms with Gasteiger partial charge in [-0.1, -0.05) is 0 Å². The van der Waals surface area contributed by atoms with Crippen LogP contribution in [-0.2, 0) is 9.53 Å². The lowest BCUT2D eigenvalue weighted by atomic mass is 10.0. The van der Waals surface area contributed by atoms with E-state index in [1.807, 2.05) is 0 Å². The lowest BCUT2D eigenvalue weighted by Gasteiger charge is -2.34. The fourth-order valence-corrected chi connectivity index (χ4v) is 2.19. The van der Waals surface area contributed by atoms with Crippen molar-refractivity contribution in [2.75, 3.05) is 26.8 Å². The molecule has 110 valence electrons. The van der Waals surface area contributed by atoms with Crippen LogP contribution in [0.5, 0.6) is 0 Å². The highest BCUT2D eigenvalue weighted by Crippen LogP contribution is 2.16. The van der Waals surface area contributed by atoms with Gasteiger partial charge < -0.3 is 25.2 Å². The monoisotopic (exact) mass is 274 g/mol. The molecule has 3 N–H and O–H groups in total. The molecular formula is C12H22N2O5. The highest BCUT2D eigenvalue weighted by Gasteiger charge is 2.26. The summed E-state index contributed by atoms with van der Waals surface area (Å²) in [7, 11) is 1.41. The highest BCUT2D eigenvalue weighted by atomic mass is 16.5. The van der Waals surface area contributed by atoms with Gasteiger partial charge in [0, 0.05) is 20.2 Å². The first-order chi connectivity index (χ1) is 9.08. The number of rotatable bonds is 6. The molecule has 0 spiro atoms. The predicted molar refractivity (Wildman–Crippen MR) is 67.9 cm³/mol. The van der Waals surface area contributed by atoms with Gasteiger partial charge in [0.2, 0.25) is 0 Å². The minimum absolute atomic E-state index is 0.0454.